The Bertz CT molecular complexity index is 385. The van der Waals surface area contributed by atoms with E-state index in [1.807, 2.05) is 0 Å². The first-order chi connectivity index (χ1) is 9.12. The largest absolute Gasteiger partial charge is 0.271 e. The Kier molecular flexibility index (Phi) is 7.69. The molecule has 0 saturated heterocycles. The van der Waals surface area contributed by atoms with Gasteiger partial charge in [-0.1, -0.05) is 62.7 Å². The molecule has 1 aromatic heterocycles. The summed E-state index contributed by atoms with van der Waals surface area (Å²) in [5.41, 5.74) is 3.61. The Labute approximate surface area is 125 Å². The molecule has 0 bridgehead atoms. The van der Waals surface area contributed by atoms with E-state index in [-0.39, 0.29) is 6.04 Å². The van der Waals surface area contributed by atoms with Crippen LogP contribution in [-0.4, -0.2) is 4.98 Å². The molecule has 5 heteroatoms. The minimum absolute atomic E-state index is 0.0217. The van der Waals surface area contributed by atoms with Gasteiger partial charge in [0.15, 0.2) is 0 Å². The number of pyridine rings is 1. The average molecular weight is 304 g/mol. The van der Waals surface area contributed by atoms with Gasteiger partial charge in [-0.25, -0.2) is 0 Å². The predicted octanol–water partition coefficient (Wildman–Crippen LogP) is 4.50. The van der Waals surface area contributed by atoms with Crippen LogP contribution in [-0.2, 0) is 0 Å². The summed E-state index contributed by atoms with van der Waals surface area (Å²) in [5.74, 6) is 6.30. The normalized spacial score (nSPS) is 14.4. The van der Waals surface area contributed by atoms with Crippen molar-refractivity contribution in [3.63, 3.8) is 0 Å². The van der Waals surface area contributed by atoms with Crippen LogP contribution in [0.2, 0.25) is 10.0 Å². The lowest BCUT2D eigenvalue weighted by Gasteiger charge is -2.22. The molecule has 0 saturated carbocycles. The van der Waals surface area contributed by atoms with Crippen molar-refractivity contribution in [2.75, 3.05) is 0 Å². The van der Waals surface area contributed by atoms with E-state index < -0.39 is 0 Å². The van der Waals surface area contributed by atoms with Crippen molar-refractivity contribution in [3.8, 4) is 0 Å². The summed E-state index contributed by atoms with van der Waals surface area (Å²) in [6, 6.07) is 1.69. The van der Waals surface area contributed by atoms with E-state index in [1.165, 1.54) is 19.3 Å². The van der Waals surface area contributed by atoms with Crippen molar-refractivity contribution in [3.05, 3.63) is 28.0 Å². The lowest BCUT2D eigenvalue weighted by molar-refractivity contribution is 0.352. The Morgan fingerprint density at radius 3 is 2.63 bits per heavy atom. The maximum Gasteiger partial charge on any atom is 0.0773 e. The van der Waals surface area contributed by atoms with Crippen LogP contribution in [0, 0.1) is 5.92 Å². The summed E-state index contributed by atoms with van der Waals surface area (Å²) in [4.78, 5) is 4.31. The molecular weight excluding hydrogens is 281 g/mol. The van der Waals surface area contributed by atoms with E-state index in [2.05, 4.69) is 24.3 Å². The molecule has 0 aliphatic carbocycles. The van der Waals surface area contributed by atoms with Gasteiger partial charge in [-0.05, 0) is 18.4 Å². The number of halogens is 2. The van der Waals surface area contributed by atoms with Crippen LogP contribution in [0.5, 0.6) is 0 Å². The summed E-state index contributed by atoms with van der Waals surface area (Å²) < 4.78 is 0. The lowest BCUT2D eigenvalue weighted by Crippen LogP contribution is -2.30. The van der Waals surface area contributed by atoms with Gasteiger partial charge in [-0.2, -0.15) is 0 Å². The third-order valence-electron chi connectivity index (χ3n) is 3.48. The molecule has 0 amide bonds. The number of hydrogen-bond acceptors (Lipinski definition) is 3. The molecule has 0 aliphatic heterocycles. The van der Waals surface area contributed by atoms with Crippen molar-refractivity contribution in [1.29, 1.82) is 0 Å². The number of hydrazine groups is 1. The van der Waals surface area contributed by atoms with Gasteiger partial charge in [0.05, 0.1) is 21.8 Å². The van der Waals surface area contributed by atoms with Crippen molar-refractivity contribution >= 4 is 23.2 Å². The second-order valence-electron chi connectivity index (χ2n) is 4.89. The highest BCUT2D eigenvalue weighted by atomic mass is 35.5. The second-order valence-corrected chi connectivity index (χ2v) is 5.74. The van der Waals surface area contributed by atoms with Crippen LogP contribution in [0.25, 0.3) is 0 Å². The van der Waals surface area contributed by atoms with Crippen molar-refractivity contribution in [2.45, 2.75) is 52.0 Å². The number of nitrogens with one attached hydrogen (secondary N) is 1. The number of aromatic nitrogens is 1. The molecule has 2 atom stereocenters. The molecule has 0 aromatic carbocycles. The van der Waals surface area contributed by atoms with E-state index in [9.17, 15) is 0 Å². The van der Waals surface area contributed by atoms with Crippen LogP contribution in [0.15, 0.2) is 12.3 Å². The van der Waals surface area contributed by atoms with Gasteiger partial charge >= 0.3 is 0 Å². The first-order valence-corrected chi connectivity index (χ1v) is 7.64. The van der Waals surface area contributed by atoms with E-state index in [1.54, 1.807) is 12.3 Å². The molecule has 1 aromatic rings. The topological polar surface area (TPSA) is 50.9 Å². The van der Waals surface area contributed by atoms with Gasteiger partial charge in [0.1, 0.15) is 0 Å². The first-order valence-electron chi connectivity index (χ1n) is 6.89. The first kappa shape index (κ1) is 16.7. The number of hydrogen-bond donors (Lipinski definition) is 2. The third-order valence-corrected chi connectivity index (χ3v) is 3.99. The smallest absolute Gasteiger partial charge is 0.0773 e. The maximum atomic E-state index is 6.19. The summed E-state index contributed by atoms with van der Waals surface area (Å²) in [6.07, 6.45) is 7.38. The fourth-order valence-electron chi connectivity index (χ4n) is 2.25. The summed E-state index contributed by atoms with van der Waals surface area (Å²) in [7, 11) is 0. The minimum atomic E-state index is -0.0217. The summed E-state index contributed by atoms with van der Waals surface area (Å²) >= 11 is 12.1. The molecule has 0 fully saturated rings. The van der Waals surface area contributed by atoms with Crippen molar-refractivity contribution < 1.29 is 0 Å². The highest BCUT2D eigenvalue weighted by molar-refractivity contribution is 6.34. The maximum absolute atomic E-state index is 6.19. The van der Waals surface area contributed by atoms with Crippen LogP contribution >= 0.6 is 23.2 Å². The van der Waals surface area contributed by atoms with Gasteiger partial charge < -0.3 is 0 Å². The fraction of sp³-hybridized carbons (Fsp3) is 0.643. The standard InChI is InChI=1S/C14H23Cl2N3/c1-3-5-6-10(4-2)7-13(19-17)14-12(16)8-11(15)9-18-14/h8-10,13,19H,3-7,17H2,1-2H3. The van der Waals surface area contributed by atoms with Crippen molar-refractivity contribution in [2.24, 2.45) is 11.8 Å². The zero-order valence-electron chi connectivity index (χ0n) is 11.6. The van der Waals surface area contributed by atoms with Crippen LogP contribution < -0.4 is 11.3 Å². The van der Waals surface area contributed by atoms with E-state index >= 15 is 0 Å². The molecule has 108 valence electrons. The number of nitrogens with two attached hydrogens (primary N) is 1. The highest BCUT2D eigenvalue weighted by Crippen LogP contribution is 2.30. The van der Waals surface area contributed by atoms with E-state index in [0.717, 1.165) is 18.5 Å². The molecule has 19 heavy (non-hydrogen) atoms. The Morgan fingerprint density at radius 2 is 2.11 bits per heavy atom. The summed E-state index contributed by atoms with van der Waals surface area (Å²) in [6.45, 7) is 4.42. The average Bonchev–Trinajstić information content (AvgIpc) is 2.40. The number of nitrogens with zero attached hydrogens (tertiary/aromatic N) is 1. The molecule has 1 heterocycles. The Balaban J connectivity index is 2.76. The van der Waals surface area contributed by atoms with Crippen LogP contribution in [0.3, 0.4) is 0 Å². The molecule has 0 radical (unpaired) electrons. The van der Waals surface area contributed by atoms with E-state index in [0.29, 0.717) is 16.0 Å². The molecule has 1 rings (SSSR count). The Morgan fingerprint density at radius 1 is 1.37 bits per heavy atom. The molecule has 0 spiro atoms. The molecule has 2 unspecified atom stereocenters. The molecule has 3 nitrogen and oxygen atoms in total. The highest BCUT2D eigenvalue weighted by Gasteiger charge is 2.19. The predicted molar refractivity (Wildman–Crippen MR) is 82.2 cm³/mol. The number of rotatable bonds is 8. The SMILES string of the molecule is CCCCC(CC)CC(NN)c1ncc(Cl)cc1Cl. The Hall–Kier alpha value is -0.350. The van der Waals surface area contributed by atoms with Crippen LogP contribution in [0.1, 0.15) is 57.7 Å². The fourth-order valence-corrected chi connectivity index (χ4v) is 2.77. The lowest BCUT2D eigenvalue weighted by atomic mass is 9.91. The zero-order valence-corrected chi connectivity index (χ0v) is 13.1. The summed E-state index contributed by atoms with van der Waals surface area (Å²) in [5, 5.41) is 1.11. The molecular formula is C14H23Cl2N3. The monoisotopic (exact) mass is 303 g/mol. The second kappa shape index (κ2) is 8.75. The zero-order chi connectivity index (χ0) is 14.3. The quantitative estimate of drug-likeness (QED) is 0.549. The van der Waals surface area contributed by atoms with Crippen molar-refractivity contribution in [1.82, 2.24) is 10.4 Å². The minimum Gasteiger partial charge on any atom is -0.271 e. The van der Waals surface area contributed by atoms with Gasteiger partial charge in [-0.15, -0.1) is 0 Å². The number of unbranched alkanes of at least 4 members (excludes halogenated alkanes) is 1. The van der Waals surface area contributed by atoms with Gasteiger partial charge in [0.25, 0.3) is 0 Å². The van der Waals surface area contributed by atoms with Gasteiger partial charge in [0, 0.05) is 6.20 Å². The third kappa shape index (κ3) is 5.27. The molecule has 0 aliphatic rings. The molecule has 3 N–H and O–H groups in total. The van der Waals surface area contributed by atoms with E-state index in [4.69, 9.17) is 29.0 Å². The van der Waals surface area contributed by atoms with Gasteiger partial charge in [-0.3, -0.25) is 16.3 Å². The van der Waals surface area contributed by atoms with Crippen LogP contribution in [0.4, 0.5) is 0 Å². The van der Waals surface area contributed by atoms with Gasteiger partial charge in [0.2, 0.25) is 0 Å².